The summed E-state index contributed by atoms with van der Waals surface area (Å²) in [6.45, 7) is 0.177. The van der Waals surface area contributed by atoms with E-state index in [1.807, 2.05) is 12.1 Å². The summed E-state index contributed by atoms with van der Waals surface area (Å²) >= 11 is 9.39. The molecule has 0 aliphatic carbocycles. The lowest BCUT2D eigenvalue weighted by atomic mass is 10.2. The minimum absolute atomic E-state index is 0.0261. The van der Waals surface area contributed by atoms with Crippen LogP contribution in [0.3, 0.4) is 0 Å². The summed E-state index contributed by atoms with van der Waals surface area (Å²) in [6.07, 6.45) is 0. The summed E-state index contributed by atoms with van der Waals surface area (Å²) in [5.74, 6) is -0.833. The van der Waals surface area contributed by atoms with E-state index in [-0.39, 0.29) is 17.9 Å². The van der Waals surface area contributed by atoms with Crippen molar-refractivity contribution in [2.75, 3.05) is 5.73 Å². The lowest BCUT2D eigenvalue weighted by Gasteiger charge is -2.11. The van der Waals surface area contributed by atoms with Crippen molar-refractivity contribution in [1.82, 2.24) is 0 Å². The van der Waals surface area contributed by atoms with Gasteiger partial charge in [0, 0.05) is 20.7 Å². The van der Waals surface area contributed by atoms with Crippen molar-refractivity contribution in [3.8, 4) is 5.75 Å². The van der Waals surface area contributed by atoms with E-state index in [2.05, 4.69) is 15.9 Å². The largest absolute Gasteiger partial charge is 0.488 e. The highest BCUT2D eigenvalue weighted by molar-refractivity contribution is 9.10. The number of carboxylic acid groups (broad SMARTS) is 1. The van der Waals surface area contributed by atoms with E-state index >= 15 is 0 Å². The number of rotatable bonds is 4. The number of nitrogen functional groups attached to an aromatic ring is 1. The van der Waals surface area contributed by atoms with Crippen LogP contribution in [-0.4, -0.2) is 11.1 Å². The minimum atomic E-state index is -1.09. The van der Waals surface area contributed by atoms with Crippen molar-refractivity contribution in [3.05, 3.63) is 57.0 Å². The number of carboxylic acids is 1. The molecule has 0 atom stereocenters. The zero-order chi connectivity index (χ0) is 14.7. The van der Waals surface area contributed by atoms with E-state index in [1.54, 1.807) is 12.1 Å². The molecule has 0 saturated heterocycles. The van der Waals surface area contributed by atoms with Gasteiger partial charge in [-0.3, -0.25) is 0 Å². The third-order valence-corrected chi connectivity index (χ3v) is 3.48. The molecule has 0 amide bonds. The molecule has 0 fully saturated rings. The minimum Gasteiger partial charge on any atom is -0.488 e. The second-order valence-corrected chi connectivity index (χ2v) is 5.41. The first-order valence-electron chi connectivity index (χ1n) is 5.67. The Bertz CT molecular complexity index is 661. The van der Waals surface area contributed by atoms with Gasteiger partial charge in [-0.2, -0.15) is 0 Å². The normalized spacial score (nSPS) is 10.3. The molecular formula is C14H11BrClNO3. The molecule has 0 unspecified atom stereocenters. The molecule has 0 bridgehead atoms. The molecule has 4 nitrogen and oxygen atoms in total. The van der Waals surface area contributed by atoms with Gasteiger partial charge in [-0.25, -0.2) is 4.79 Å². The Morgan fingerprint density at radius 2 is 2.05 bits per heavy atom. The fourth-order valence-electron chi connectivity index (χ4n) is 1.63. The molecule has 6 heteroatoms. The molecule has 104 valence electrons. The molecule has 2 aromatic rings. The molecule has 2 rings (SSSR count). The molecule has 0 heterocycles. The standard InChI is InChI=1S/C14H11BrClNO3/c15-9-2-1-8(12(16)5-9)7-20-13-4-3-10(17)6-11(13)14(18)19/h1-6H,7,17H2,(H,18,19). The number of halogens is 2. The summed E-state index contributed by atoms with van der Waals surface area (Å²) in [5, 5.41) is 9.66. The lowest BCUT2D eigenvalue weighted by Crippen LogP contribution is -2.04. The average Bonchev–Trinajstić information content (AvgIpc) is 2.38. The smallest absolute Gasteiger partial charge is 0.339 e. The van der Waals surface area contributed by atoms with Crippen LogP contribution in [0.25, 0.3) is 0 Å². The Labute approximate surface area is 129 Å². The fraction of sp³-hybridized carbons (Fsp3) is 0.0714. The van der Waals surface area contributed by atoms with Gasteiger partial charge in [-0.05, 0) is 30.3 Å². The van der Waals surface area contributed by atoms with Crippen LogP contribution in [-0.2, 0) is 6.61 Å². The second-order valence-electron chi connectivity index (χ2n) is 4.09. The van der Waals surface area contributed by atoms with E-state index < -0.39 is 5.97 Å². The monoisotopic (exact) mass is 355 g/mol. The first-order valence-corrected chi connectivity index (χ1v) is 6.84. The number of nitrogens with two attached hydrogens (primary N) is 1. The third-order valence-electron chi connectivity index (χ3n) is 2.63. The van der Waals surface area contributed by atoms with Crippen LogP contribution in [0.2, 0.25) is 5.02 Å². The van der Waals surface area contributed by atoms with Crippen LogP contribution >= 0.6 is 27.5 Å². The van der Waals surface area contributed by atoms with Crippen LogP contribution in [0.4, 0.5) is 5.69 Å². The Hall–Kier alpha value is -1.72. The number of anilines is 1. The van der Waals surface area contributed by atoms with Gasteiger partial charge in [0.15, 0.2) is 0 Å². The number of hydrogen-bond donors (Lipinski definition) is 2. The van der Waals surface area contributed by atoms with Crippen LogP contribution < -0.4 is 10.5 Å². The van der Waals surface area contributed by atoms with Crippen molar-refractivity contribution >= 4 is 39.2 Å². The molecule has 0 aromatic heterocycles. The lowest BCUT2D eigenvalue weighted by molar-refractivity contribution is 0.0692. The third kappa shape index (κ3) is 3.43. The fourth-order valence-corrected chi connectivity index (χ4v) is 2.36. The van der Waals surface area contributed by atoms with E-state index in [9.17, 15) is 4.79 Å². The molecule has 0 spiro atoms. The van der Waals surface area contributed by atoms with Crippen LogP contribution in [0.1, 0.15) is 15.9 Å². The van der Waals surface area contributed by atoms with Gasteiger partial charge in [0.1, 0.15) is 17.9 Å². The van der Waals surface area contributed by atoms with E-state index in [0.29, 0.717) is 10.7 Å². The molecular weight excluding hydrogens is 346 g/mol. The maximum Gasteiger partial charge on any atom is 0.339 e. The number of ether oxygens (including phenoxy) is 1. The van der Waals surface area contributed by atoms with Crippen LogP contribution in [0, 0.1) is 0 Å². The molecule has 0 aliphatic heterocycles. The van der Waals surface area contributed by atoms with Gasteiger partial charge in [0.25, 0.3) is 0 Å². The van der Waals surface area contributed by atoms with E-state index in [1.165, 1.54) is 12.1 Å². The number of aromatic carboxylic acids is 1. The summed E-state index contributed by atoms with van der Waals surface area (Å²) in [6, 6.07) is 9.88. The topological polar surface area (TPSA) is 72.5 Å². The molecule has 0 saturated carbocycles. The number of benzene rings is 2. The summed E-state index contributed by atoms with van der Waals surface area (Å²) < 4.78 is 6.39. The maximum absolute atomic E-state index is 11.1. The zero-order valence-electron chi connectivity index (χ0n) is 10.3. The molecule has 3 N–H and O–H groups in total. The van der Waals surface area contributed by atoms with Crippen molar-refractivity contribution in [3.63, 3.8) is 0 Å². The Morgan fingerprint density at radius 1 is 1.30 bits per heavy atom. The first-order chi connectivity index (χ1) is 9.47. The summed E-state index contributed by atoms with van der Waals surface area (Å²) in [7, 11) is 0. The van der Waals surface area contributed by atoms with Crippen molar-refractivity contribution in [1.29, 1.82) is 0 Å². The highest BCUT2D eigenvalue weighted by Gasteiger charge is 2.12. The number of hydrogen-bond acceptors (Lipinski definition) is 3. The van der Waals surface area contributed by atoms with Gasteiger partial charge >= 0.3 is 5.97 Å². The van der Waals surface area contributed by atoms with E-state index in [0.717, 1.165) is 10.0 Å². The SMILES string of the molecule is Nc1ccc(OCc2ccc(Br)cc2Cl)c(C(=O)O)c1. The van der Waals surface area contributed by atoms with Crippen molar-refractivity contribution in [2.45, 2.75) is 6.61 Å². The maximum atomic E-state index is 11.1. The summed E-state index contributed by atoms with van der Waals surface area (Å²) in [4.78, 5) is 11.1. The highest BCUT2D eigenvalue weighted by Crippen LogP contribution is 2.25. The van der Waals surface area contributed by atoms with Crippen LogP contribution in [0.15, 0.2) is 40.9 Å². The average molecular weight is 357 g/mol. The van der Waals surface area contributed by atoms with Gasteiger partial charge in [-0.1, -0.05) is 33.6 Å². The van der Waals surface area contributed by atoms with Gasteiger partial charge in [0.05, 0.1) is 0 Å². The molecule has 20 heavy (non-hydrogen) atoms. The predicted octanol–water partition coefficient (Wildman–Crippen LogP) is 3.96. The Morgan fingerprint density at radius 3 is 2.70 bits per heavy atom. The van der Waals surface area contributed by atoms with Gasteiger partial charge < -0.3 is 15.6 Å². The van der Waals surface area contributed by atoms with Gasteiger partial charge in [-0.15, -0.1) is 0 Å². The molecule has 0 radical (unpaired) electrons. The Kier molecular flexibility index (Phi) is 4.52. The molecule has 0 aliphatic rings. The quantitative estimate of drug-likeness (QED) is 0.813. The predicted molar refractivity (Wildman–Crippen MR) is 81.3 cm³/mol. The zero-order valence-corrected chi connectivity index (χ0v) is 12.6. The van der Waals surface area contributed by atoms with Crippen molar-refractivity contribution < 1.29 is 14.6 Å². The van der Waals surface area contributed by atoms with Crippen LogP contribution in [0.5, 0.6) is 5.75 Å². The second kappa shape index (κ2) is 6.15. The summed E-state index contributed by atoms with van der Waals surface area (Å²) in [5.41, 5.74) is 6.73. The van der Waals surface area contributed by atoms with Gasteiger partial charge in [0.2, 0.25) is 0 Å². The van der Waals surface area contributed by atoms with Crippen molar-refractivity contribution in [2.24, 2.45) is 0 Å². The Balaban J connectivity index is 2.20. The van der Waals surface area contributed by atoms with E-state index in [4.69, 9.17) is 27.2 Å². The number of carbonyl (C=O) groups is 1. The first kappa shape index (κ1) is 14.7. The highest BCUT2D eigenvalue weighted by atomic mass is 79.9. The molecule has 2 aromatic carbocycles.